The molecule has 0 heterocycles. The van der Waals surface area contributed by atoms with Crippen molar-refractivity contribution in [3.63, 3.8) is 0 Å². The van der Waals surface area contributed by atoms with Crippen molar-refractivity contribution in [3.05, 3.63) is 120 Å². The van der Waals surface area contributed by atoms with Crippen molar-refractivity contribution in [1.82, 2.24) is 15.1 Å². The molecule has 0 saturated carbocycles. The molecule has 4 aromatic rings. The lowest BCUT2D eigenvalue weighted by Gasteiger charge is -2.30. The third-order valence-corrected chi connectivity index (χ3v) is 10.3. The van der Waals surface area contributed by atoms with Crippen molar-refractivity contribution in [2.75, 3.05) is 27.3 Å². The van der Waals surface area contributed by atoms with E-state index >= 15 is 0 Å². The van der Waals surface area contributed by atoms with Crippen LogP contribution in [0.1, 0.15) is 24.0 Å². The van der Waals surface area contributed by atoms with E-state index in [1.54, 1.807) is 5.48 Å². The molecule has 0 radical (unpaired) electrons. The predicted molar refractivity (Wildman–Crippen MR) is 184 cm³/mol. The van der Waals surface area contributed by atoms with Gasteiger partial charge in [-0.2, -0.15) is 0 Å². The molecule has 2 amide bonds. The topological polar surface area (TPSA) is 145 Å². The molecule has 0 aromatic heterocycles. The van der Waals surface area contributed by atoms with Crippen molar-refractivity contribution < 1.29 is 33.1 Å². The second-order valence-electron chi connectivity index (χ2n) is 11.7. The fourth-order valence-corrected chi connectivity index (χ4v) is 6.88. The van der Waals surface area contributed by atoms with Crippen molar-refractivity contribution >= 4 is 21.8 Å². The highest BCUT2D eigenvalue weighted by molar-refractivity contribution is 7.89. The number of aliphatic hydroxyl groups excluding tert-OH is 1. The number of nitrogens with zero attached hydrogens (tertiary/aromatic N) is 1. The van der Waals surface area contributed by atoms with E-state index in [9.17, 15) is 28.3 Å². The maximum Gasteiger partial charge on any atom is 0.248 e. The maximum atomic E-state index is 13.9. The van der Waals surface area contributed by atoms with Crippen LogP contribution in [0.5, 0.6) is 5.75 Å². The molecule has 0 aliphatic carbocycles. The van der Waals surface area contributed by atoms with E-state index in [-0.39, 0.29) is 24.5 Å². The Morgan fingerprint density at radius 2 is 1.40 bits per heavy atom. The molecule has 10 nitrogen and oxygen atoms in total. The van der Waals surface area contributed by atoms with Crippen molar-refractivity contribution in [1.29, 1.82) is 0 Å². The fraction of sp³-hybridized carbons (Fsp3) is 0.297. The highest BCUT2D eigenvalue weighted by atomic mass is 32.2. The van der Waals surface area contributed by atoms with Crippen LogP contribution >= 0.6 is 0 Å². The van der Waals surface area contributed by atoms with E-state index < -0.39 is 39.7 Å². The molecule has 11 heteroatoms. The molecule has 0 aliphatic heterocycles. The zero-order chi connectivity index (χ0) is 34.5. The molecule has 0 saturated heterocycles. The molecule has 48 heavy (non-hydrogen) atoms. The molecule has 3 unspecified atom stereocenters. The first-order chi connectivity index (χ1) is 23.2. The lowest BCUT2D eigenvalue weighted by molar-refractivity contribution is -0.141. The summed E-state index contributed by atoms with van der Waals surface area (Å²) in [5, 5.41) is 22.7. The molecule has 0 fully saturated rings. The minimum Gasteiger partial charge on any atom is -0.497 e. The number of hydrogen-bond donors (Lipinski definition) is 4. The van der Waals surface area contributed by atoms with Crippen LogP contribution in [-0.2, 0) is 32.5 Å². The number of sulfonamides is 1. The Hall–Kier alpha value is -4.55. The summed E-state index contributed by atoms with van der Waals surface area (Å²) in [5.41, 5.74) is 5.76. The monoisotopic (exact) mass is 673 g/mol. The van der Waals surface area contributed by atoms with E-state index in [1.807, 2.05) is 84.9 Å². The van der Waals surface area contributed by atoms with Crippen LogP contribution in [0.4, 0.5) is 0 Å². The van der Waals surface area contributed by atoms with E-state index in [0.717, 1.165) is 26.6 Å². The zero-order valence-electron chi connectivity index (χ0n) is 27.2. The number of hydroxylamine groups is 1. The highest BCUT2D eigenvalue weighted by Crippen LogP contribution is 2.26. The summed E-state index contributed by atoms with van der Waals surface area (Å²) in [6.45, 7) is -0.725. The van der Waals surface area contributed by atoms with Gasteiger partial charge in [0.1, 0.15) is 5.75 Å². The van der Waals surface area contributed by atoms with Gasteiger partial charge in [0.25, 0.3) is 0 Å². The van der Waals surface area contributed by atoms with Gasteiger partial charge in [-0.05, 0) is 72.2 Å². The molecule has 254 valence electrons. The molecule has 0 bridgehead atoms. The Kier molecular flexibility index (Phi) is 13.3. The number of aliphatic hydroxyl groups is 1. The Morgan fingerprint density at radius 1 is 0.792 bits per heavy atom. The number of ether oxygens (including phenoxy) is 1. The van der Waals surface area contributed by atoms with Crippen LogP contribution in [-0.4, -0.2) is 68.2 Å². The van der Waals surface area contributed by atoms with Gasteiger partial charge in [0, 0.05) is 13.6 Å². The molecule has 0 aliphatic rings. The number of amides is 2. The standard InChI is InChI=1S/C37H43N3O7S/c1-40(48(45,46)33-22-20-32(47-2)21-23-33)25-35(37(43)39-44)34(36(42)38-31(26-41)24-28-10-5-3-6-11-28)15-9-12-27-16-18-30(19-17-27)29-13-7-4-8-14-29/h3-8,10-11,13-14,16-23,31,34-35,41,44H,9,12,15,24-26H2,1-2H3,(H,38,42)(H,39,43). The number of carbonyl (C=O) groups is 2. The Balaban J connectivity index is 1.55. The second-order valence-corrected chi connectivity index (χ2v) is 13.7. The van der Waals surface area contributed by atoms with Gasteiger partial charge in [-0.25, -0.2) is 18.2 Å². The number of rotatable bonds is 17. The SMILES string of the molecule is COc1ccc(S(=O)(=O)N(C)CC(C(=O)NO)C(CCCc2ccc(-c3ccccc3)cc2)C(=O)NC(CO)Cc2ccccc2)cc1. The van der Waals surface area contributed by atoms with Gasteiger partial charge >= 0.3 is 0 Å². The van der Waals surface area contributed by atoms with E-state index in [0.29, 0.717) is 25.0 Å². The number of aryl methyl sites for hydroxylation is 1. The Bertz CT molecular complexity index is 1700. The number of methoxy groups -OCH3 is 1. The van der Waals surface area contributed by atoms with Gasteiger partial charge < -0.3 is 15.2 Å². The number of carbonyl (C=O) groups excluding carboxylic acids is 2. The predicted octanol–water partition coefficient (Wildman–Crippen LogP) is 4.46. The van der Waals surface area contributed by atoms with Gasteiger partial charge in [0.2, 0.25) is 21.8 Å². The third kappa shape index (κ3) is 9.74. The van der Waals surface area contributed by atoms with Crippen molar-refractivity contribution in [2.24, 2.45) is 11.8 Å². The minimum absolute atomic E-state index is 0.0166. The fourth-order valence-electron chi connectivity index (χ4n) is 5.68. The van der Waals surface area contributed by atoms with Crippen molar-refractivity contribution in [3.8, 4) is 16.9 Å². The number of benzene rings is 4. The second kappa shape index (κ2) is 17.6. The minimum atomic E-state index is -4.07. The Morgan fingerprint density at radius 3 is 1.98 bits per heavy atom. The van der Waals surface area contributed by atoms with E-state index in [1.165, 1.54) is 38.4 Å². The lowest BCUT2D eigenvalue weighted by atomic mass is 9.85. The van der Waals surface area contributed by atoms with Gasteiger partial charge in [-0.1, -0.05) is 84.9 Å². The van der Waals surface area contributed by atoms with Crippen LogP contribution in [0, 0.1) is 11.8 Å². The molecule has 0 spiro atoms. The van der Waals surface area contributed by atoms with E-state index in [2.05, 4.69) is 5.32 Å². The van der Waals surface area contributed by atoms with Crippen LogP contribution in [0.2, 0.25) is 0 Å². The summed E-state index contributed by atoms with van der Waals surface area (Å²) in [7, 11) is -1.28. The average Bonchev–Trinajstić information content (AvgIpc) is 3.12. The summed E-state index contributed by atoms with van der Waals surface area (Å²) >= 11 is 0. The molecular formula is C37H43N3O7S. The van der Waals surface area contributed by atoms with Crippen LogP contribution < -0.4 is 15.5 Å². The normalized spacial score (nSPS) is 13.4. The first-order valence-corrected chi connectivity index (χ1v) is 17.2. The smallest absolute Gasteiger partial charge is 0.248 e. The molecular weight excluding hydrogens is 630 g/mol. The van der Waals surface area contributed by atoms with Gasteiger partial charge in [-0.3, -0.25) is 14.8 Å². The van der Waals surface area contributed by atoms with Crippen LogP contribution in [0.25, 0.3) is 11.1 Å². The molecule has 3 atom stereocenters. The number of nitrogens with one attached hydrogen (secondary N) is 2. The summed E-state index contributed by atoms with van der Waals surface area (Å²) in [6, 6.07) is 32.7. The molecule has 4 N–H and O–H groups in total. The largest absolute Gasteiger partial charge is 0.497 e. The highest BCUT2D eigenvalue weighted by Gasteiger charge is 2.37. The third-order valence-electron chi connectivity index (χ3n) is 8.42. The van der Waals surface area contributed by atoms with Gasteiger partial charge in [0.05, 0.1) is 36.5 Å². The van der Waals surface area contributed by atoms with Crippen LogP contribution in [0.3, 0.4) is 0 Å². The molecule has 4 rings (SSSR count). The summed E-state index contributed by atoms with van der Waals surface area (Å²) in [4.78, 5) is 27.1. The maximum absolute atomic E-state index is 13.9. The quantitative estimate of drug-likeness (QED) is 0.0957. The molecule has 4 aromatic carbocycles. The van der Waals surface area contributed by atoms with Gasteiger partial charge in [0.15, 0.2) is 0 Å². The number of hydrogen-bond acceptors (Lipinski definition) is 7. The first-order valence-electron chi connectivity index (χ1n) is 15.8. The van der Waals surface area contributed by atoms with Crippen molar-refractivity contribution in [2.45, 2.75) is 36.6 Å². The van der Waals surface area contributed by atoms with Crippen LogP contribution in [0.15, 0.2) is 114 Å². The van der Waals surface area contributed by atoms with Gasteiger partial charge in [-0.15, -0.1) is 0 Å². The van der Waals surface area contributed by atoms with E-state index in [4.69, 9.17) is 4.74 Å². The lowest BCUT2D eigenvalue weighted by Crippen LogP contribution is -2.50. The summed E-state index contributed by atoms with van der Waals surface area (Å²) < 4.78 is 33.1. The Labute approximate surface area is 282 Å². The summed E-state index contributed by atoms with van der Waals surface area (Å²) in [5.74, 6) is -3.20. The average molecular weight is 674 g/mol. The summed E-state index contributed by atoms with van der Waals surface area (Å²) in [6.07, 6.45) is 1.66. The first kappa shape index (κ1) is 36.3. The zero-order valence-corrected chi connectivity index (χ0v) is 28.0.